The zero-order chi connectivity index (χ0) is 19.5. The Hall–Kier alpha value is -3.13. The van der Waals surface area contributed by atoms with Crippen molar-refractivity contribution in [3.8, 4) is 5.75 Å². The molecule has 0 atom stereocenters. The number of benzene rings is 1. The third-order valence-corrected chi connectivity index (χ3v) is 4.97. The smallest absolute Gasteiger partial charge is 0.372 e. The van der Waals surface area contributed by atoms with Crippen molar-refractivity contribution in [2.24, 2.45) is 0 Å². The van der Waals surface area contributed by atoms with Crippen molar-refractivity contribution in [1.82, 2.24) is 14.3 Å². The second-order valence-electron chi connectivity index (χ2n) is 6.79. The number of fused-ring (bicyclic) bond motifs is 1. The lowest BCUT2D eigenvalue weighted by molar-refractivity contribution is -0.389. The molecule has 8 nitrogen and oxygen atoms in total. The summed E-state index contributed by atoms with van der Waals surface area (Å²) < 4.78 is 7.03. The normalized spacial score (nSPS) is 15.1. The molecular weight excluding hydrogens is 358 g/mol. The van der Waals surface area contributed by atoms with Gasteiger partial charge in [0, 0.05) is 38.8 Å². The lowest BCUT2D eigenvalue weighted by Gasteiger charge is -2.34. The van der Waals surface area contributed by atoms with E-state index in [-0.39, 0.29) is 10.7 Å². The number of pyridine rings is 1. The van der Waals surface area contributed by atoms with Gasteiger partial charge in [-0.05, 0) is 35.6 Å². The highest BCUT2D eigenvalue weighted by Crippen LogP contribution is 2.29. The van der Waals surface area contributed by atoms with Gasteiger partial charge in [0.1, 0.15) is 5.75 Å². The molecular formula is C20H23N5O3. The fourth-order valence-corrected chi connectivity index (χ4v) is 3.59. The molecule has 8 heteroatoms. The molecule has 1 aliphatic rings. The minimum atomic E-state index is -0.346. The molecule has 28 heavy (non-hydrogen) atoms. The van der Waals surface area contributed by atoms with Gasteiger partial charge in [-0.1, -0.05) is 18.2 Å². The Labute approximate surface area is 163 Å². The van der Waals surface area contributed by atoms with Gasteiger partial charge in [-0.3, -0.25) is 4.90 Å². The summed E-state index contributed by atoms with van der Waals surface area (Å²) in [7, 11) is 0. The molecule has 4 rings (SSSR count). The summed E-state index contributed by atoms with van der Waals surface area (Å²) in [6, 6.07) is 13.6. The van der Waals surface area contributed by atoms with Crippen molar-refractivity contribution in [2.45, 2.75) is 13.5 Å². The molecule has 3 aromatic rings. The second-order valence-corrected chi connectivity index (χ2v) is 6.79. The average Bonchev–Trinajstić information content (AvgIpc) is 3.10. The Morgan fingerprint density at radius 2 is 1.86 bits per heavy atom. The fraction of sp³-hybridized carbons (Fsp3) is 0.350. The van der Waals surface area contributed by atoms with Crippen LogP contribution in [0.5, 0.6) is 5.75 Å². The molecule has 1 fully saturated rings. The van der Waals surface area contributed by atoms with Crippen LogP contribution in [0.4, 0.5) is 11.6 Å². The van der Waals surface area contributed by atoms with Gasteiger partial charge in [0.15, 0.2) is 0 Å². The number of nitro groups is 1. The predicted octanol–water partition coefficient (Wildman–Crippen LogP) is 2.96. The number of hydrogen-bond acceptors (Lipinski definition) is 6. The SMILES string of the molecule is CCOc1ccc(CN2CCN(c3nc4ccccn4c3[N+](=O)[O-])CC2)cc1. The van der Waals surface area contributed by atoms with Gasteiger partial charge in [-0.25, -0.2) is 0 Å². The first-order chi connectivity index (χ1) is 13.7. The summed E-state index contributed by atoms with van der Waals surface area (Å²) >= 11 is 0. The number of aromatic nitrogens is 2. The fourth-order valence-electron chi connectivity index (χ4n) is 3.59. The molecule has 1 aliphatic heterocycles. The van der Waals surface area contributed by atoms with Gasteiger partial charge in [0.05, 0.1) is 12.8 Å². The van der Waals surface area contributed by atoms with Crippen molar-refractivity contribution in [1.29, 1.82) is 0 Å². The summed E-state index contributed by atoms with van der Waals surface area (Å²) in [5.74, 6) is 1.38. The van der Waals surface area contributed by atoms with Gasteiger partial charge < -0.3 is 19.8 Å². The highest BCUT2D eigenvalue weighted by atomic mass is 16.6. The van der Waals surface area contributed by atoms with Crippen LogP contribution < -0.4 is 9.64 Å². The van der Waals surface area contributed by atoms with E-state index < -0.39 is 0 Å². The first-order valence-electron chi connectivity index (χ1n) is 9.46. The Balaban J connectivity index is 1.44. The topological polar surface area (TPSA) is 76.2 Å². The minimum absolute atomic E-state index is 0.0376. The standard InChI is InChI=1S/C20H23N5O3/c1-2-28-17-8-6-16(7-9-17)15-22-11-13-23(14-12-22)19-20(25(26)27)24-10-4-3-5-18(24)21-19/h3-10H,2,11-15H2,1H3. The molecule has 0 spiro atoms. The first kappa shape index (κ1) is 18.2. The summed E-state index contributed by atoms with van der Waals surface area (Å²) in [6.07, 6.45) is 1.69. The summed E-state index contributed by atoms with van der Waals surface area (Å²) in [5.41, 5.74) is 1.83. The Kier molecular flexibility index (Phi) is 5.12. The maximum atomic E-state index is 11.6. The lowest BCUT2D eigenvalue weighted by atomic mass is 10.2. The Morgan fingerprint density at radius 1 is 1.11 bits per heavy atom. The van der Waals surface area contributed by atoms with Crippen LogP contribution in [-0.4, -0.2) is 52.0 Å². The second kappa shape index (κ2) is 7.85. The van der Waals surface area contributed by atoms with Crippen molar-refractivity contribution < 1.29 is 9.66 Å². The Bertz CT molecular complexity index is 962. The van der Waals surface area contributed by atoms with Crippen LogP contribution in [0, 0.1) is 10.1 Å². The van der Waals surface area contributed by atoms with Crippen LogP contribution in [0.2, 0.25) is 0 Å². The van der Waals surface area contributed by atoms with Crippen molar-refractivity contribution >= 4 is 17.3 Å². The molecule has 0 N–H and O–H groups in total. The first-order valence-corrected chi connectivity index (χ1v) is 9.46. The van der Waals surface area contributed by atoms with Crippen LogP contribution in [0.3, 0.4) is 0 Å². The molecule has 146 valence electrons. The van der Waals surface area contributed by atoms with E-state index >= 15 is 0 Å². The molecule has 0 bridgehead atoms. The van der Waals surface area contributed by atoms with Crippen LogP contribution in [0.25, 0.3) is 5.65 Å². The van der Waals surface area contributed by atoms with E-state index in [4.69, 9.17) is 4.74 Å². The number of piperazine rings is 1. The van der Waals surface area contributed by atoms with E-state index in [1.807, 2.05) is 30.0 Å². The maximum Gasteiger partial charge on any atom is 0.372 e. The van der Waals surface area contributed by atoms with Crippen LogP contribution >= 0.6 is 0 Å². The van der Waals surface area contributed by atoms with Gasteiger partial charge >= 0.3 is 5.82 Å². The average molecular weight is 381 g/mol. The summed E-state index contributed by atoms with van der Waals surface area (Å²) in [6.45, 7) is 6.57. The zero-order valence-corrected chi connectivity index (χ0v) is 15.8. The largest absolute Gasteiger partial charge is 0.494 e. The zero-order valence-electron chi connectivity index (χ0n) is 15.8. The van der Waals surface area contributed by atoms with Crippen molar-refractivity contribution in [3.63, 3.8) is 0 Å². The van der Waals surface area contributed by atoms with E-state index in [9.17, 15) is 10.1 Å². The van der Waals surface area contributed by atoms with Crippen LogP contribution in [0.15, 0.2) is 48.7 Å². The van der Waals surface area contributed by atoms with Gasteiger partial charge in [-0.15, -0.1) is 0 Å². The molecule has 1 saturated heterocycles. The van der Waals surface area contributed by atoms with Gasteiger partial charge in [0.2, 0.25) is 11.5 Å². The number of hydrogen-bond donors (Lipinski definition) is 0. The van der Waals surface area contributed by atoms with E-state index in [1.165, 1.54) is 5.56 Å². The Morgan fingerprint density at radius 3 is 2.54 bits per heavy atom. The van der Waals surface area contributed by atoms with Gasteiger partial charge in [-0.2, -0.15) is 9.38 Å². The third kappa shape index (κ3) is 3.63. The highest BCUT2D eigenvalue weighted by molar-refractivity contribution is 5.63. The van der Waals surface area contributed by atoms with Crippen molar-refractivity contribution in [3.05, 3.63) is 64.3 Å². The molecule has 0 aliphatic carbocycles. The predicted molar refractivity (Wildman–Crippen MR) is 107 cm³/mol. The lowest BCUT2D eigenvalue weighted by Crippen LogP contribution is -2.46. The van der Waals surface area contributed by atoms with Crippen LogP contribution in [0.1, 0.15) is 12.5 Å². The summed E-state index contributed by atoms with van der Waals surface area (Å²) in [4.78, 5) is 20.1. The molecule has 2 aromatic heterocycles. The highest BCUT2D eigenvalue weighted by Gasteiger charge is 2.29. The molecule has 0 amide bonds. The number of anilines is 1. The molecule has 0 radical (unpaired) electrons. The van der Waals surface area contributed by atoms with Crippen molar-refractivity contribution in [2.75, 3.05) is 37.7 Å². The van der Waals surface area contributed by atoms with E-state index in [0.717, 1.165) is 25.4 Å². The molecule has 0 saturated carbocycles. The van der Waals surface area contributed by atoms with E-state index in [2.05, 4.69) is 22.0 Å². The maximum absolute atomic E-state index is 11.6. The third-order valence-electron chi connectivity index (χ3n) is 4.97. The number of rotatable bonds is 6. The van der Waals surface area contributed by atoms with Gasteiger partial charge in [0.25, 0.3) is 0 Å². The number of imidazole rings is 1. The van der Waals surface area contributed by atoms with Crippen LogP contribution in [-0.2, 0) is 6.54 Å². The van der Waals surface area contributed by atoms with E-state index in [1.54, 1.807) is 22.7 Å². The molecule has 0 unspecified atom stereocenters. The number of nitrogens with zero attached hydrogens (tertiary/aromatic N) is 5. The quantitative estimate of drug-likeness (QED) is 0.483. The molecule has 3 heterocycles. The monoisotopic (exact) mass is 381 g/mol. The number of ether oxygens (including phenoxy) is 1. The molecule has 1 aromatic carbocycles. The van der Waals surface area contributed by atoms with E-state index in [0.29, 0.717) is 31.2 Å². The minimum Gasteiger partial charge on any atom is -0.494 e. The summed E-state index contributed by atoms with van der Waals surface area (Å²) in [5, 5.41) is 11.6.